The van der Waals surface area contributed by atoms with Crippen LogP contribution in [0, 0.1) is 5.92 Å². The van der Waals surface area contributed by atoms with E-state index in [-0.39, 0.29) is 38.3 Å². The molecule has 176 valence electrons. The maximum atomic E-state index is 12.1. The quantitative estimate of drug-likeness (QED) is 0.0612. The highest BCUT2D eigenvalue weighted by molar-refractivity contribution is 5.76. The highest BCUT2D eigenvalue weighted by atomic mass is 16.7. The van der Waals surface area contributed by atoms with Crippen molar-refractivity contribution >= 4 is 30.7 Å². The Morgan fingerprint density at radius 3 is 2.32 bits per heavy atom. The molecule has 0 aromatic heterocycles. The van der Waals surface area contributed by atoms with Gasteiger partial charge < -0.3 is 24.3 Å². The molecule has 14 nitrogen and oxygen atoms in total. The van der Waals surface area contributed by atoms with E-state index >= 15 is 0 Å². The van der Waals surface area contributed by atoms with Crippen LogP contribution in [0.3, 0.4) is 0 Å². The van der Waals surface area contributed by atoms with Crippen LogP contribution in [0.1, 0.15) is 32.6 Å². The third kappa shape index (κ3) is 8.84. The van der Waals surface area contributed by atoms with Crippen molar-refractivity contribution in [3.05, 3.63) is 0 Å². The molecule has 1 aliphatic rings. The van der Waals surface area contributed by atoms with Crippen LogP contribution >= 0.6 is 0 Å². The molecule has 0 radical (unpaired) electrons. The van der Waals surface area contributed by atoms with Gasteiger partial charge in [0.2, 0.25) is 24.0 Å². The van der Waals surface area contributed by atoms with Crippen molar-refractivity contribution in [3.8, 4) is 0 Å². The number of amides is 3. The fourth-order valence-corrected chi connectivity index (χ4v) is 3.13. The third-order valence-corrected chi connectivity index (χ3v) is 4.52. The molecule has 1 saturated heterocycles. The van der Waals surface area contributed by atoms with Gasteiger partial charge in [-0.3, -0.25) is 34.8 Å². The SMILES string of the molecule is CO[C@@H]1C(OC=O)OC(NNC(=O)CCCCC(=O)NN)C(NC(C)=O)[C@H]1COC=O. The minimum Gasteiger partial charge on any atom is -0.467 e. The molecular formula is C17H29N5O9. The molecule has 14 heteroatoms. The van der Waals surface area contributed by atoms with Crippen LogP contribution < -0.4 is 27.4 Å². The van der Waals surface area contributed by atoms with Crippen LogP contribution in [0.5, 0.6) is 0 Å². The molecule has 1 aliphatic heterocycles. The number of carbonyl (C=O) groups excluding carboxylic acids is 5. The lowest BCUT2D eigenvalue weighted by Gasteiger charge is -2.45. The zero-order chi connectivity index (χ0) is 23.2. The molecule has 0 aromatic rings. The number of ether oxygens (including phenoxy) is 4. The van der Waals surface area contributed by atoms with Gasteiger partial charge in [-0.05, 0) is 12.8 Å². The van der Waals surface area contributed by atoms with Crippen molar-refractivity contribution in [1.82, 2.24) is 21.6 Å². The average Bonchev–Trinajstić information content (AvgIpc) is 2.74. The third-order valence-electron chi connectivity index (χ3n) is 4.52. The Labute approximate surface area is 178 Å². The minimum atomic E-state index is -1.20. The normalized spacial score (nSPS) is 25.1. The predicted molar refractivity (Wildman–Crippen MR) is 102 cm³/mol. The van der Waals surface area contributed by atoms with Crippen molar-refractivity contribution in [1.29, 1.82) is 0 Å². The van der Waals surface area contributed by atoms with E-state index in [1.54, 1.807) is 0 Å². The topological polar surface area (TPSA) is 196 Å². The molecule has 0 aromatic carbocycles. The Kier molecular flexibility index (Phi) is 12.0. The fourth-order valence-electron chi connectivity index (χ4n) is 3.13. The van der Waals surface area contributed by atoms with Gasteiger partial charge >= 0.3 is 0 Å². The number of unbranched alkanes of at least 4 members (excludes halogenated alkanes) is 1. The van der Waals surface area contributed by atoms with Crippen LogP contribution in [0.15, 0.2) is 0 Å². The van der Waals surface area contributed by atoms with Crippen LogP contribution in [-0.4, -0.2) is 69.0 Å². The first-order chi connectivity index (χ1) is 14.9. The van der Waals surface area contributed by atoms with Crippen LogP contribution in [0.2, 0.25) is 0 Å². The lowest BCUT2D eigenvalue weighted by atomic mass is 9.89. The summed E-state index contributed by atoms with van der Waals surface area (Å²) in [6.07, 6.45) is -1.93. The van der Waals surface area contributed by atoms with Gasteiger partial charge in [0.05, 0.1) is 12.6 Å². The van der Waals surface area contributed by atoms with E-state index in [1.807, 2.05) is 5.43 Å². The molecule has 6 N–H and O–H groups in total. The number of rotatable bonds is 14. The van der Waals surface area contributed by atoms with Gasteiger partial charge in [0.15, 0.2) is 0 Å². The molecule has 0 spiro atoms. The predicted octanol–water partition coefficient (Wildman–Crippen LogP) is -2.68. The van der Waals surface area contributed by atoms with Gasteiger partial charge in [-0.1, -0.05) is 0 Å². The molecule has 3 amide bonds. The monoisotopic (exact) mass is 447 g/mol. The molecule has 0 aliphatic carbocycles. The maximum Gasteiger partial charge on any atom is 0.295 e. The van der Waals surface area contributed by atoms with Crippen LogP contribution in [-0.2, 0) is 42.9 Å². The number of methoxy groups -OCH3 is 1. The van der Waals surface area contributed by atoms with Crippen molar-refractivity contribution in [3.63, 3.8) is 0 Å². The first kappa shape index (κ1) is 26.2. The van der Waals surface area contributed by atoms with Crippen LogP contribution in [0.25, 0.3) is 0 Å². The fraction of sp³-hybridized carbons (Fsp3) is 0.706. The zero-order valence-electron chi connectivity index (χ0n) is 17.3. The van der Waals surface area contributed by atoms with Crippen LogP contribution in [0.4, 0.5) is 0 Å². The summed E-state index contributed by atoms with van der Waals surface area (Å²) in [5, 5.41) is 2.66. The second-order valence-electron chi connectivity index (χ2n) is 6.64. The molecule has 0 saturated carbocycles. The van der Waals surface area contributed by atoms with Crippen molar-refractivity contribution in [2.45, 2.75) is 57.3 Å². The molecule has 3 unspecified atom stereocenters. The molecule has 1 rings (SSSR count). The molecule has 1 fully saturated rings. The minimum absolute atomic E-state index is 0.106. The summed E-state index contributed by atoms with van der Waals surface area (Å²) in [4.78, 5) is 56.4. The summed E-state index contributed by atoms with van der Waals surface area (Å²) in [7, 11) is 1.34. The van der Waals surface area contributed by atoms with Gasteiger partial charge in [-0.2, -0.15) is 0 Å². The van der Waals surface area contributed by atoms with E-state index in [9.17, 15) is 24.0 Å². The standard InChI is InChI=1S/C17H29N5O9/c1-10(25)19-14-11(7-29-8-23)15(28-2)17(30-9-24)31-16(14)22-21-13(27)6-4-3-5-12(26)20-18/h8-9,11,14-17,22H,3-7,18H2,1-2H3,(H,19,25)(H,20,26)(H,21,27)/t11-,14?,15+,16?,17?/m1/s1. The lowest BCUT2D eigenvalue weighted by Crippen LogP contribution is -2.68. The Morgan fingerprint density at radius 1 is 1.10 bits per heavy atom. The Morgan fingerprint density at radius 2 is 1.77 bits per heavy atom. The molecule has 5 atom stereocenters. The molecule has 31 heavy (non-hydrogen) atoms. The number of carbonyl (C=O) groups is 5. The zero-order valence-corrected chi connectivity index (χ0v) is 17.3. The van der Waals surface area contributed by atoms with Gasteiger partial charge in [0.25, 0.3) is 12.9 Å². The van der Waals surface area contributed by atoms with E-state index < -0.39 is 42.4 Å². The van der Waals surface area contributed by atoms with Crippen molar-refractivity contribution in [2.75, 3.05) is 13.7 Å². The molecule has 0 bridgehead atoms. The number of nitrogens with one attached hydrogen (secondary N) is 4. The highest BCUT2D eigenvalue weighted by Gasteiger charge is 2.48. The first-order valence-corrected chi connectivity index (χ1v) is 9.51. The van der Waals surface area contributed by atoms with Gasteiger partial charge in [0.1, 0.15) is 12.3 Å². The van der Waals surface area contributed by atoms with E-state index in [2.05, 4.69) is 16.2 Å². The van der Waals surface area contributed by atoms with Crippen molar-refractivity contribution < 1.29 is 42.9 Å². The Bertz CT molecular complexity index is 621. The smallest absolute Gasteiger partial charge is 0.295 e. The average molecular weight is 447 g/mol. The van der Waals surface area contributed by atoms with Gasteiger partial charge in [-0.25, -0.2) is 11.3 Å². The van der Waals surface area contributed by atoms with Crippen molar-refractivity contribution in [2.24, 2.45) is 11.8 Å². The summed E-state index contributed by atoms with van der Waals surface area (Å²) < 4.78 is 20.7. The summed E-state index contributed by atoms with van der Waals surface area (Å²) in [5.74, 6) is 3.16. The van der Waals surface area contributed by atoms with E-state index in [1.165, 1.54) is 14.0 Å². The van der Waals surface area contributed by atoms with E-state index in [0.717, 1.165) is 0 Å². The molecular weight excluding hydrogens is 418 g/mol. The second kappa shape index (κ2) is 14.2. The van der Waals surface area contributed by atoms with E-state index in [0.29, 0.717) is 12.8 Å². The number of hydrazine groups is 2. The Balaban J connectivity index is 2.81. The largest absolute Gasteiger partial charge is 0.467 e. The summed E-state index contributed by atoms with van der Waals surface area (Å²) in [5.41, 5.74) is 7.09. The van der Waals surface area contributed by atoms with Gasteiger partial charge in [0, 0.05) is 32.8 Å². The number of nitrogens with two attached hydrogens (primary N) is 1. The summed E-state index contributed by atoms with van der Waals surface area (Å²) >= 11 is 0. The number of hydrogen-bond donors (Lipinski definition) is 5. The van der Waals surface area contributed by atoms with E-state index in [4.69, 9.17) is 24.8 Å². The summed E-state index contributed by atoms with van der Waals surface area (Å²) in [6.45, 7) is 1.50. The second-order valence-corrected chi connectivity index (χ2v) is 6.64. The van der Waals surface area contributed by atoms with Gasteiger partial charge in [-0.15, -0.1) is 0 Å². The molecule has 1 heterocycles. The highest BCUT2D eigenvalue weighted by Crippen LogP contribution is 2.28. The number of hydrogen-bond acceptors (Lipinski definition) is 11. The Hall–Kier alpha value is -2.81. The lowest BCUT2D eigenvalue weighted by molar-refractivity contribution is -0.267. The maximum absolute atomic E-state index is 12.1. The first-order valence-electron chi connectivity index (χ1n) is 9.51. The summed E-state index contributed by atoms with van der Waals surface area (Å²) in [6, 6.07) is -0.817.